The molecule has 0 aromatic heterocycles. The van der Waals surface area contributed by atoms with Crippen LogP contribution in [0.15, 0.2) is 54.6 Å². The van der Waals surface area contributed by atoms with E-state index in [4.69, 9.17) is 23.7 Å². The second kappa shape index (κ2) is 10.7. The van der Waals surface area contributed by atoms with Gasteiger partial charge in [-0.15, -0.1) is 0 Å². The lowest BCUT2D eigenvalue weighted by molar-refractivity contribution is -0.119. The van der Waals surface area contributed by atoms with Crippen LogP contribution in [0.25, 0.3) is 0 Å². The van der Waals surface area contributed by atoms with Crippen molar-refractivity contribution >= 4 is 17.5 Å². The molecule has 9 heteroatoms. The first-order valence-corrected chi connectivity index (χ1v) is 11.6. The summed E-state index contributed by atoms with van der Waals surface area (Å²) < 4.78 is 27.0. The molecule has 1 N–H and O–H groups in total. The SMILES string of the molecule is COc1ccc([C@H]2[C@H](C(=O)Nc3cc(OC)ccc3OC)c3cc(OC)c(OC)cc3C(=O)N2C)cc1. The lowest BCUT2D eigenvalue weighted by Crippen LogP contribution is -2.44. The summed E-state index contributed by atoms with van der Waals surface area (Å²) in [5, 5.41) is 2.99. The van der Waals surface area contributed by atoms with Crippen LogP contribution < -0.4 is 29.0 Å². The fraction of sp³-hybridized carbons (Fsp3) is 0.286. The smallest absolute Gasteiger partial charge is 0.254 e. The highest BCUT2D eigenvalue weighted by atomic mass is 16.5. The number of rotatable bonds is 8. The maximum Gasteiger partial charge on any atom is 0.254 e. The zero-order valence-corrected chi connectivity index (χ0v) is 21.7. The molecular formula is C28H30N2O7. The molecule has 0 saturated carbocycles. The minimum atomic E-state index is -0.790. The van der Waals surface area contributed by atoms with Gasteiger partial charge in [0.2, 0.25) is 5.91 Å². The van der Waals surface area contributed by atoms with Crippen molar-refractivity contribution in [3.05, 3.63) is 71.3 Å². The third-order valence-electron chi connectivity index (χ3n) is 6.58. The Balaban J connectivity index is 1.88. The summed E-state index contributed by atoms with van der Waals surface area (Å²) in [6.07, 6.45) is 0. The molecule has 2 amide bonds. The molecule has 0 radical (unpaired) electrons. The third-order valence-corrected chi connectivity index (χ3v) is 6.58. The summed E-state index contributed by atoms with van der Waals surface area (Å²) in [7, 11) is 9.35. The van der Waals surface area contributed by atoms with Crippen molar-refractivity contribution in [3.8, 4) is 28.7 Å². The van der Waals surface area contributed by atoms with E-state index < -0.39 is 12.0 Å². The highest BCUT2D eigenvalue weighted by molar-refractivity contribution is 6.05. The van der Waals surface area contributed by atoms with E-state index in [1.54, 1.807) is 68.6 Å². The number of hydrogen-bond donors (Lipinski definition) is 1. The Morgan fingerprint density at radius 2 is 1.35 bits per heavy atom. The van der Waals surface area contributed by atoms with Gasteiger partial charge in [0.25, 0.3) is 5.91 Å². The number of amides is 2. The van der Waals surface area contributed by atoms with E-state index in [9.17, 15) is 9.59 Å². The van der Waals surface area contributed by atoms with Gasteiger partial charge in [0, 0.05) is 18.7 Å². The lowest BCUT2D eigenvalue weighted by Gasteiger charge is -2.40. The minimum absolute atomic E-state index is 0.236. The first-order chi connectivity index (χ1) is 17.9. The molecule has 3 aromatic rings. The summed E-state index contributed by atoms with van der Waals surface area (Å²) in [6.45, 7) is 0. The van der Waals surface area contributed by atoms with Crippen molar-refractivity contribution in [3.63, 3.8) is 0 Å². The van der Waals surface area contributed by atoms with E-state index in [0.29, 0.717) is 45.6 Å². The summed E-state index contributed by atoms with van der Waals surface area (Å²) >= 11 is 0. The van der Waals surface area contributed by atoms with Crippen molar-refractivity contribution < 1.29 is 33.3 Å². The molecule has 0 spiro atoms. The van der Waals surface area contributed by atoms with E-state index in [-0.39, 0.29) is 11.8 Å². The van der Waals surface area contributed by atoms with Crippen LogP contribution in [0.5, 0.6) is 28.7 Å². The predicted octanol–water partition coefficient (Wildman–Crippen LogP) is 4.28. The second-order valence-electron chi connectivity index (χ2n) is 8.46. The first kappa shape index (κ1) is 25.7. The number of carbonyl (C=O) groups is 2. The number of likely N-dealkylation sites (N-methyl/N-ethyl adjacent to an activating group) is 1. The maximum absolute atomic E-state index is 14.1. The second-order valence-corrected chi connectivity index (χ2v) is 8.46. The van der Waals surface area contributed by atoms with Crippen LogP contribution in [0, 0.1) is 0 Å². The quantitative estimate of drug-likeness (QED) is 0.487. The average molecular weight is 507 g/mol. The Morgan fingerprint density at radius 1 is 0.757 bits per heavy atom. The van der Waals surface area contributed by atoms with E-state index in [1.165, 1.54) is 21.3 Å². The normalized spacial score (nSPS) is 16.5. The Kier molecular flexibility index (Phi) is 7.42. The number of fused-ring (bicyclic) bond motifs is 1. The van der Waals surface area contributed by atoms with Crippen molar-refractivity contribution in [2.45, 2.75) is 12.0 Å². The van der Waals surface area contributed by atoms with Crippen LogP contribution in [0.3, 0.4) is 0 Å². The van der Waals surface area contributed by atoms with Crippen molar-refractivity contribution in [1.82, 2.24) is 4.90 Å². The number of anilines is 1. The molecule has 1 aliphatic heterocycles. The zero-order chi connectivity index (χ0) is 26.7. The minimum Gasteiger partial charge on any atom is -0.497 e. The van der Waals surface area contributed by atoms with Gasteiger partial charge in [-0.05, 0) is 47.5 Å². The van der Waals surface area contributed by atoms with Gasteiger partial charge in [0.15, 0.2) is 11.5 Å². The molecule has 0 bridgehead atoms. The fourth-order valence-corrected chi connectivity index (χ4v) is 4.67. The molecule has 0 unspecified atom stereocenters. The molecule has 0 aliphatic carbocycles. The fourth-order valence-electron chi connectivity index (χ4n) is 4.67. The van der Waals surface area contributed by atoms with Gasteiger partial charge in [-0.1, -0.05) is 12.1 Å². The monoisotopic (exact) mass is 506 g/mol. The van der Waals surface area contributed by atoms with Crippen LogP contribution in [0.1, 0.15) is 33.4 Å². The van der Waals surface area contributed by atoms with E-state index in [0.717, 1.165) is 5.56 Å². The topological polar surface area (TPSA) is 95.6 Å². The van der Waals surface area contributed by atoms with Gasteiger partial charge in [-0.25, -0.2) is 0 Å². The molecule has 1 aliphatic rings. The Morgan fingerprint density at radius 3 is 1.95 bits per heavy atom. The van der Waals surface area contributed by atoms with Crippen LogP contribution in [0.4, 0.5) is 5.69 Å². The van der Waals surface area contributed by atoms with Gasteiger partial charge in [-0.2, -0.15) is 0 Å². The molecule has 194 valence electrons. The number of nitrogens with zero attached hydrogens (tertiary/aromatic N) is 1. The Hall–Kier alpha value is -4.40. The molecule has 0 saturated heterocycles. The summed E-state index contributed by atoms with van der Waals surface area (Å²) in [6, 6.07) is 15.2. The summed E-state index contributed by atoms with van der Waals surface area (Å²) in [5.74, 6) is 1.17. The highest BCUT2D eigenvalue weighted by Gasteiger charge is 2.43. The van der Waals surface area contributed by atoms with Crippen LogP contribution in [0.2, 0.25) is 0 Å². The molecule has 37 heavy (non-hydrogen) atoms. The number of carbonyl (C=O) groups excluding carboxylic acids is 2. The summed E-state index contributed by atoms with van der Waals surface area (Å²) in [4.78, 5) is 29.2. The van der Waals surface area contributed by atoms with Gasteiger partial charge >= 0.3 is 0 Å². The third kappa shape index (κ3) is 4.72. The van der Waals surface area contributed by atoms with Crippen LogP contribution in [-0.2, 0) is 4.79 Å². The maximum atomic E-state index is 14.1. The Bertz CT molecular complexity index is 1310. The summed E-state index contributed by atoms with van der Waals surface area (Å²) in [5.41, 5.74) is 2.11. The van der Waals surface area contributed by atoms with Gasteiger partial charge in [0.1, 0.15) is 17.2 Å². The van der Waals surface area contributed by atoms with Gasteiger partial charge in [0.05, 0.1) is 53.2 Å². The number of benzene rings is 3. The number of hydrogen-bond acceptors (Lipinski definition) is 7. The van der Waals surface area contributed by atoms with E-state index >= 15 is 0 Å². The lowest BCUT2D eigenvalue weighted by atomic mass is 9.79. The number of nitrogens with one attached hydrogen (secondary N) is 1. The average Bonchev–Trinajstić information content (AvgIpc) is 2.93. The van der Waals surface area contributed by atoms with Crippen molar-refractivity contribution in [2.75, 3.05) is 47.9 Å². The first-order valence-electron chi connectivity index (χ1n) is 11.6. The van der Waals surface area contributed by atoms with Crippen molar-refractivity contribution in [1.29, 1.82) is 0 Å². The number of methoxy groups -OCH3 is 5. The molecule has 4 rings (SSSR count). The molecule has 3 aromatic carbocycles. The number of ether oxygens (including phenoxy) is 5. The van der Waals surface area contributed by atoms with E-state index in [1.807, 2.05) is 12.1 Å². The van der Waals surface area contributed by atoms with E-state index in [2.05, 4.69) is 5.32 Å². The molecule has 0 fully saturated rings. The molecule has 1 heterocycles. The highest BCUT2D eigenvalue weighted by Crippen LogP contribution is 2.46. The Labute approximate surface area is 215 Å². The predicted molar refractivity (Wildman–Crippen MR) is 138 cm³/mol. The zero-order valence-electron chi connectivity index (χ0n) is 21.7. The molecular weight excluding hydrogens is 476 g/mol. The van der Waals surface area contributed by atoms with Gasteiger partial charge in [-0.3, -0.25) is 9.59 Å². The largest absolute Gasteiger partial charge is 0.497 e. The van der Waals surface area contributed by atoms with Crippen LogP contribution >= 0.6 is 0 Å². The molecule has 9 nitrogen and oxygen atoms in total. The molecule has 2 atom stereocenters. The van der Waals surface area contributed by atoms with Gasteiger partial charge < -0.3 is 33.9 Å². The standard InChI is InChI=1S/C28H30N2O7/c1-30-26(16-7-9-17(33-2)10-8-16)25(19-14-23(36-5)24(37-6)15-20(19)28(30)32)27(31)29-21-13-18(34-3)11-12-22(21)35-4/h7-15,25-26H,1-6H3,(H,29,31)/t25-,26+/m1/s1. The van der Waals surface area contributed by atoms with Crippen molar-refractivity contribution in [2.24, 2.45) is 0 Å². The van der Waals surface area contributed by atoms with Crippen LogP contribution in [-0.4, -0.2) is 59.3 Å².